The van der Waals surface area contributed by atoms with Crippen LogP contribution in [0.2, 0.25) is 0 Å². The molecule has 1 aliphatic heterocycles. The lowest BCUT2D eigenvalue weighted by molar-refractivity contribution is -0.139. The van der Waals surface area contributed by atoms with E-state index in [0.29, 0.717) is 19.4 Å². The second kappa shape index (κ2) is 9.75. The number of amides is 4. The van der Waals surface area contributed by atoms with E-state index in [-0.39, 0.29) is 12.6 Å². The number of rotatable bonds is 9. The van der Waals surface area contributed by atoms with Crippen molar-refractivity contribution in [3.05, 3.63) is 71.8 Å². The molecule has 1 unspecified atom stereocenters. The van der Waals surface area contributed by atoms with Gasteiger partial charge in [0.05, 0.1) is 6.54 Å². The van der Waals surface area contributed by atoms with Gasteiger partial charge in [0.2, 0.25) is 0 Å². The van der Waals surface area contributed by atoms with E-state index in [2.05, 4.69) is 10.7 Å². The van der Waals surface area contributed by atoms with Crippen LogP contribution in [0.4, 0.5) is 4.79 Å². The van der Waals surface area contributed by atoms with Crippen molar-refractivity contribution in [2.24, 2.45) is 0 Å². The van der Waals surface area contributed by atoms with Gasteiger partial charge in [-0.3, -0.25) is 19.9 Å². The van der Waals surface area contributed by atoms with Crippen LogP contribution in [-0.2, 0) is 22.6 Å². The highest BCUT2D eigenvalue weighted by Gasteiger charge is 2.48. The minimum atomic E-state index is -1.05. The molecule has 1 aliphatic rings. The molecule has 0 spiro atoms. The molecule has 0 saturated carbocycles. The van der Waals surface area contributed by atoms with Crippen LogP contribution in [0.3, 0.4) is 0 Å². The van der Waals surface area contributed by atoms with E-state index >= 15 is 0 Å². The third kappa shape index (κ3) is 5.70. The first-order valence-electron chi connectivity index (χ1n) is 10.6. The van der Waals surface area contributed by atoms with Crippen LogP contribution < -0.4 is 10.7 Å². The number of nitrogens with zero attached hydrogens (tertiary/aromatic N) is 2. The quantitative estimate of drug-likeness (QED) is 0.609. The highest BCUT2D eigenvalue weighted by Crippen LogP contribution is 2.22. The van der Waals surface area contributed by atoms with Crippen LogP contribution in [-0.4, -0.2) is 45.9 Å². The van der Waals surface area contributed by atoms with Crippen LogP contribution in [0.15, 0.2) is 60.7 Å². The Hall–Kier alpha value is -3.19. The summed E-state index contributed by atoms with van der Waals surface area (Å²) in [5.74, 6) is -0.846. The van der Waals surface area contributed by atoms with Gasteiger partial charge in [0.25, 0.3) is 11.8 Å². The molecule has 31 heavy (non-hydrogen) atoms. The van der Waals surface area contributed by atoms with Crippen molar-refractivity contribution in [2.45, 2.75) is 51.7 Å². The summed E-state index contributed by atoms with van der Waals surface area (Å²) in [7, 11) is 0. The Morgan fingerprint density at radius 1 is 1.03 bits per heavy atom. The normalized spacial score (nSPS) is 18.5. The van der Waals surface area contributed by atoms with Crippen molar-refractivity contribution in [1.29, 1.82) is 0 Å². The summed E-state index contributed by atoms with van der Waals surface area (Å²) >= 11 is 0. The fourth-order valence-corrected chi connectivity index (χ4v) is 3.58. The average molecular weight is 423 g/mol. The number of imide groups is 1. The van der Waals surface area contributed by atoms with Gasteiger partial charge in [0.1, 0.15) is 5.54 Å². The van der Waals surface area contributed by atoms with Crippen LogP contribution in [0.1, 0.15) is 38.3 Å². The van der Waals surface area contributed by atoms with E-state index in [4.69, 9.17) is 0 Å². The molecule has 7 nitrogen and oxygen atoms in total. The number of carbonyl (C=O) groups is 3. The van der Waals surface area contributed by atoms with Gasteiger partial charge in [-0.25, -0.2) is 4.79 Å². The summed E-state index contributed by atoms with van der Waals surface area (Å²) in [6.45, 7) is 6.37. The summed E-state index contributed by atoms with van der Waals surface area (Å²) in [6.07, 6.45) is 1.09. The van der Waals surface area contributed by atoms with Crippen LogP contribution in [0, 0.1) is 0 Å². The summed E-state index contributed by atoms with van der Waals surface area (Å²) < 4.78 is 0. The maximum absolute atomic E-state index is 12.9. The van der Waals surface area contributed by atoms with Crippen molar-refractivity contribution >= 4 is 17.8 Å². The van der Waals surface area contributed by atoms with E-state index in [1.165, 1.54) is 0 Å². The number of hydrogen-bond donors (Lipinski definition) is 2. The first-order valence-corrected chi connectivity index (χ1v) is 10.6. The zero-order valence-electron chi connectivity index (χ0n) is 18.3. The van der Waals surface area contributed by atoms with E-state index in [1.54, 1.807) is 6.92 Å². The van der Waals surface area contributed by atoms with Gasteiger partial charge in [-0.05, 0) is 44.7 Å². The summed E-state index contributed by atoms with van der Waals surface area (Å²) in [4.78, 5) is 40.0. The van der Waals surface area contributed by atoms with Crippen LogP contribution in [0.5, 0.6) is 0 Å². The first kappa shape index (κ1) is 22.5. The SMILES string of the molecule is CC(C)N(CC(=O)NN1C(=O)NC(C)(CCc2ccccc2)C1=O)Cc1ccccc1. The molecule has 1 atom stereocenters. The molecule has 1 heterocycles. The zero-order chi connectivity index (χ0) is 22.4. The van der Waals surface area contributed by atoms with Crippen molar-refractivity contribution in [1.82, 2.24) is 20.7 Å². The van der Waals surface area contributed by atoms with Crippen molar-refractivity contribution in [2.75, 3.05) is 6.54 Å². The van der Waals surface area contributed by atoms with Gasteiger partial charge in [-0.2, -0.15) is 5.01 Å². The summed E-state index contributed by atoms with van der Waals surface area (Å²) in [5, 5.41) is 3.54. The molecular formula is C24H30N4O3. The van der Waals surface area contributed by atoms with Crippen LogP contribution >= 0.6 is 0 Å². The predicted molar refractivity (Wildman–Crippen MR) is 119 cm³/mol. The fourth-order valence-electron chi connectivity index (χ4n) is 3.58. The predicted octanol–water partition coefficient (Wildman–Crippen LogP) is 2.87. The Morgan fingerprint density at radius 2 is 1.61 bits per heavy atom. The number of benzene rings is 2. The molecule has 0 bridgehead atoms. The number of aryl methyl sites for hydroxylation is 1. The molecule has 1 fully saturated rings. The second-order valence-electron chi connectivity index (χ2n) is 8.41. The van der Waals surface area contributed by atoms with E-state index < -0.39 is 23.4 Å². The Bertz CT molecular complexity index is 917. The maximum atomic E-state index is 12.9. The Kier molecular flexibility index (Phi) is 7.07. The smallest absolute Gasteiger partial charge is 0.322 e. The zero-order valence-corrected chi connectivity index (χ0v) is 18.3. The molecule has 0 radical (unpaired) electrons. The number of hydrazine groups is 1. The molecule has 2 aromatic rings. The topological polar surface area (TPSA) is 81.8 Å². The van der Waals surface area contributed by atoms with Gasteiger partial charge in [0, 0.05) is 12.6 Å². The van der Waals surface area contributed by atoms with E-state index in [0.717, 1.165) is 16.1 Å². The maximum Gasteiger partial charge on any atom is 0.344 e. The Labute approximate surface area is 183 Å². The average Bonchev–Trinajstić information content (AvgIpc) is 2.96. The molecule has 164 valence electrons. The number of carbonyl (C=O) groups excluding carboxylic acids is 3. The monoisotopic (exact) mass is 422 g/mol. The second-order valence-corrected chi connectivity index (χ2v) is 8.41. The van der Waals surface area contributed by atoms with Crippen LogP contribution in [0.25, 0.3) is 0 Å². The van der Waals surface area contributed by atoms with Gasteiger partial charge in [0.15, 0.2) is 0 Å². The molecule has 0 aliphatic carbocycles. The summed E-state index contributed by atoms with van der Waals surface area (Å²) in [5.41, 5.74) is 3.62. The van der Waals surface area contributed by atoms with Crippen molar-refractivity contribution in [3.8, 4) is 0 Å². The molecule has 4 amide bonds. The molecular weight excluding hydrogens is 392 g/mol. The van der Waals surface area contributed by atoms with Gasteiger partial charge in [-0.15, -0.1) is 0 Å². The third-order valence-corrected chi connectivity index (χ3v) is 5.56. The molecule has 2 aromatic carbocycles. The van der Waals surface area contributed by atoms with E-state index in [9.17, 15) is 14.4 Å². The number of hydrogen-bond acceptors (Lipinski definition) is 4. The lowest BCUT2D eigenvalue weighted by Crippen LogP contribution is -2.51. The summed E-state index contributed by atoms with van der Waals surface area (Å²) in [6, 6.07) is 19.2. The Morgan fingerprint density at radius 3 is 2.19 bits per heavy atom. The number of urea groups is 1. The molecule has 0 aromatic heterocycles. The highest BCUT2D eigenvalue weighted by molar-refractivity contribution is 6.07. The lowest BCUT2D eigenvalue weighted by atomic mass is 9.93. The highest BCUT2D eigenvalue weighted by atomic mass is 16.2. The van der Waals surface area contributed by atoms with Gasteiger partial charge in [-0.1, -0.05) is 60.7 Å². The standard InChI is InChI=1S/C24H30N4O3/c1-18(2)27(16-20-12-8-5-9-13-20)17-21(29)26-28-22(30)24(3,25-23(28)31)15-14-19-10-6-4-7-11-19/h4-13,18H,14-17H2,1-3H3,(H,25,31)(H,26,29). The Balaban J connectivity index is 1.59. The third-order valence-electron chi connectivity index (χ3n) is 5.56. The van der Waals surface area contributed by atoms with Crippen molar-refractivity contribution in [3.63, 3.8) is 0 Å². The molecule has 3 rings (SSSR count). The lowest BCUT2D eigenvalue weighted by Gasteiger charge is -2.27. The van der Waals surface area contributed by atoms with E-state index in [1.807, 2.05) is 79.4 Å². The molecule has 2 N–H and O–H groups in total. The fraction of sp³-hybridized carbons (Fsp3) is 0.375. The van der Waals surface area contributed by atoms with Gasteiger partial charge < -0.3 is 5.32 Å². The van der Waals surface area contributed by atoms with Gasteiger partial charge >= 0.3 is 6.03 Å². The molecule has 7 heteroatoms. The molecule has 1 saturated heterocycles. The number of nitrogens with one attached hydrogen (secondary N) is 2. The first-order chi connectivity index (χ1) is 14.8. The van der Waals surface area contributed by atoms with Crippen molar-refractivity contribution < 1.29 is 14.4 Å². The minimum absolute atomic E-state index is 0.0738. The largest absolute Gasteiger partial charge is 0.344 e. The minimum Gasteiger partial charge on any atom is -0.322 e.